The highest BCUT2D eigenvalue weighted by Crippen LogP contribution is 2.32. The zero-order valence-electron chi connectivity index (χ0n) is 10.2. The van der Waals surface area contributed by atoms with Gasteiger partial charge in [-0.25, -0.2) is 4.98 Å². The molecule has 0 spiro atoms. The number of aromatic nitrogens is 1. The first kappa shape index (κ1) is 13.0. The Labute approximate surface area is 111 Å². The summed E-state index contributed by atoms with van der Waals surface area (Å²) in [7, 11) is 0. The summed E-state index contributed by atoms with van der Waals surface area (Å²) >= 11 is 5.99. The molecule has 1 saturated carbocycles. The monoisotopic (exact) mass is 266 g/mol. The van der Waals surface area contributed by atoms with Crippen molar-refractivity contribution in [3.05, 3.63) is 22.8 Å². The van der Waals surface area contributed by atoms with Crippen molar-refractivity contribution < 1.29 is 9.59 Å². The predicted octanol–water partition coefficient (Wildman–Crippen LogP) is 3.07. The summed E-state index contributed by atoms with van der Waals surface area (Å²) in [6.07, 6.45) is 4.60. The van der Waals surface area contributed by atoms with Gasteiger partial charge in [-0.1, -0.05) is 18.5 Å². The third kappa shape index (κ3) is 3.29. The van der Waals surface area contributed by atoms with Gasteiger partial charge in [-0.3, -0.25) is 9.59 Å². The molecule has 0 radical (unpaired) electrons. The molecule has 1 fully saturated rings. The molecule has 0 saturated heterocycles. The topological polar surface area (TPSA) is 59.1 Å². The number of hydrogen-bond donors (Lipinski definition) is 1. The largest absolute Gasteiger partial charge is 0.311 e. The average Bonchev–Trinajstić information content (AvgIpc) is 3.12. The van der Waals surface area contributed by atoms with E-state index in [4.69, 9.17) is 11.6 Å². The first-order valence-electron chi connectivity index (χ1n) is 6.08. The smallest absolute Gasteiger partial charge is 0.225 e. The van der Waals surface area contributed by atoms with Crippen molar-refractivity contribution >= 4 is 29.1 Å². The highest BCUT2D eigenvalue weighted by Gasteiger charge is 2.24. The normalized spacial score (nSPS) is 14.3. The first-order chi connectivity index (χ1) is 8.60. The van der Waals surface area contributed by atoms with Crippen LogP contribution >= 0.6 is 11.6 Å². The van der Waals surface area contributed by atoms with Crippen LogP contribution in [0.1, 0.15) is 43.0 Å². The lowest BCUT2D eigenvalue weighted by molar-refractivity contribution is -0.116. The quantitative estimate of drug-likeness (QED) is 0.833. The number of pyridine rings is 1. The Balaban J connectivity index is 2.03. The number of hydrogen-bond acceptors (Lipinski definition) is 3. The molecule has 18 heavy (non-hydrogen) atoms. The fourth-order valence-electron chi connectivity index (χ4n) is 1.67. The molecule has 0 bridgehead atoms. The molecule has 96 valence electrons. The molecule has 1 N–H and O–H groups in total. The maximum Gasteiger partial charge on any atom is 0.225 e. The van der Waals surface area contributed by atoms with Crippen LogP contribution in [-0.2, 0) is 4.79 Å². The van der Waals surface area contributed by atoms with E-state index in [-0.39, 0.29) is 11.7 Å². The van der Waals surface area contributed by atoms with Crippen LogP contribution in [0, 0.1) is 5.92 Å². The van der Waals surface area contributed by atoms with Crippen LogP contribution in [0.5, 0.6) is 0 Å². The molecule has 1 heterocycles. The van der Waals surface area contributed by atoms with Gasteiger partial charge in [0.05, 0.1) is 10.6 Å². The van der Waals surface area contributed by atoms with Crippen LogP contribution in [0.15, 0.2) is 12.3 Å². The first-order valence-corrected chi connectivity index (χ1v) is 6.46. The van der Waals surface area contributed by atoms with E-state index in [0.29, 0.717) is 35.2 Å². The molecule has 1 aliphatic rings. The number of amides is 1. The van der Waals surface area contributed by atoms with Gasteiger partial charge < -0.3 is 5.32 Å². The molecular weight excluding hydrogens is 252 g/mol. The lowest BCUT2D eigenvalue weighted by Gasteiger charge is -2.06. The van der Waals surface area contributed by atoms with Gasteiger partial charge in [-0.05, 0) is 18.8 Å². The van der Waals surface area contributed by atoms with Gasteiger partial charge in [0.2, 0.25) is 5.91 Å². The van der Waals surface area contributed by atoms with Crippen molar-refractivity contribution in [2.24, 2.45) is 5.92 Å². The second-order valence-corrected chi connectivity index (χ2v) is 4.93. The van der Waals surface area contributed by atoms with E-state index in [1.165, 1.54) is 12.3 Å². The van der Waals surface area contributed by atoms with Crippen LogP contribution in [0.25, 0.3) is 0 Å². The summed E-state index contributed by atoms with van der Waals surface area (Å²) in [6, 6.07) is 1.52. The third-order valence-electron chi connectivity index (χ3n) is 2.91. The van der Waals surface area contributed by atoms with E-state index in [9.17, 15) is 9.59 Å². The molecule has 2 rings (SSSR count). The summed E-state index contributed by atoms with van der Waals surface area (Å²) in [5, 5.41) is 3.02. The SMILES string of the molecule is CCC(=O)c1cnc(NC(=O)CC2CC2)cc1Cl. The van der Waals surface area contributed by atoms with Crippen molar-refractivity contribution in [2.45, 2.75) is 32.6 Å². The minimum absolute atomic E-state index is 0.0457. The number of nitrogens with one attached hydrogen (secondary N) is 1. The van der Waals surface area contributed by atoms with E-state index >= 15 is 0 Å². The summed E-state index contributed by atoms with van der Waals surface area (Å²) in [5.74, 6) is 0.832. The molecule has 0 aliphatic heterocycles. The number of ketones is 1. The van der Waals surface area contributed by atoms with Crippen LogP contribution in [-0.4, -0.2) is 16.7 Å². The van der Waals surface area contributed by atoms with Gasteiger partial charge in [0.15, 0.2) is 5.78 Å². The standard InChI is InChI=1S/C13H15ClN2O2/c1-2-11(17)9-7-15-12(6-10(9)14)16-13(18)5-8-3-4-8/h6-8H,2-5H2,1H3,(H,15,16,18). The van der Waals surface area contributed by atoms with E-state index in [2.05, 4.69) is 10.3 Å². The lowest BCUT2D eigenvalue weighted by atomic mass is 10.1. The third-order valence-corrected chi connectivity index (χ3v) is 3.23. The van der Waals surface area contributed by atoms with Gasteiger partial charge in [0.25, 0.3) is 0 Å². The molecule has 1 aromatic rings. The summed E-state index contributed by atoms with van der Waals surface area (Å²) in [6.45, 7) is 1.77. The molecule has 4 nitrogen and oxygen atoms in total. The Morgan fingerprint density at radius 2 is 2.22 bits per heavy atom. The lowest BCUT2D eigenvalue weighted by Crippen LogP contribution is -2.13. The average molecular weight is 267 g/mol. The van der Waals surface area contributed by atoms with Crippen LogP contribution in [0.3, 0.4) is 0 Å². The second-order valence-electron chi connectivity index (χ2n) is 4.52. The second kappa shape index (κ2) is 5.48. The van der Waals surface area contributed by atoms with Gasteiger partial charge in [0.1, 0.15) is 5.82 Å². The predicted molar refractivity (Wildman–Crippen MR) is 69.8 cm³/mol. The maximum atomic E-state index is 11.6. The number of nitrogens with zero attached hydrogens (tertiary/aromatic N) is 1. The van der Waals surface area contributed by atoms with Gasteiger partial charge in [-0.15, -0.1) is 0 Å². The van der Waals surface area contributed by atoms with Gasteiger partial charge in [0, 0.05) is 25.1 Å². The zero-order chi connectivity index (χ0) is 13.1. The molecular formula is C13H15ClN2O2. The van der Waals surface area contributed by atoms with Crippen molar-refractivity contribution in [1.82, 2.24) is 4.98 Å². The molecule has 1 aromatic heterocycles. The Kier molecular flexibility index (Phi) is 3.97. The summed E-state index contributed by atoms with van der Waals surface area (Å²) in [4.78, 5) is 27.1. The number of anilines is 1. The van der Waals surface area contributed by atoms with E-state index in [1.54, 1.807) is 6.92 Å². The maximum absolute atomic E-state index is 11.6. The van der Waals surface area contributed by atoms with Crippen molar-refractivity contribution in [1.29, 1.82) is 0 Å². The Morgan fingerprint density at radius 3 is 2.78 bits per heavy atom. The fourth-order valence-corrected chi connectivity index (χ4v) is 1.93. The minimum Gasteiger partial charge on any atom is -0.311 e. The van der Waals surface area contributed by atoms with Crippen molar-refractivity contribution in [3.8, 4) is 0 Å². The highest BCUT2D eigenvalue weighted by molar-refractivity contribution is 6.34. The number of halogens is 1. The molecule has 1 amide bonds. The highest BCUT2D eigenvalue weighted by atomic mass is 35.5. The molecule has 1 aliphatic carbocycles. The zero-order valence-corrected chi connectivity index (χ0v) is 11.0. The van der Waals surface area contributed by atoms with E-state index in [1.807, 2.05) is 0 Å². The number of carbonyl (C=O) groups excluding carboxylic acids is 2. The van der Waals surface area contributed by atoms with Gasteiger partial charge in [-0.2, -0.15) is 0 Å². The summed E-state index contributed by atoms with van der Waals surface area (Å²) < 4.78 is 0. The Morgan fingerprint density at radius 1 is 1.50 bits per heavy atom. The van der Waals surface area contributed by atoms with E-state index < -0.39 is 0 Å². The van der Waals surface area contributed by atoms with Crippen LogP contribution in [0.2, 0.25) is 5.02 Å². The minimum atomic E-state index is -0.0524. The summed E-state index contributed by atoms with van der Waals surface area (Å²) in [5.41, 5.74) is 0.402. The number of carbonyl (C=O) groups is 2. The van der Waals surface area contributed by atoms with Crippen LogP contribution < -0.4 is 5.32 Å². The fraction of sp³-hybridized carbons (Fsp3) is 0.462. The van der Waals surface area contributed by atoms with Gasteiger partial charge >= 0.3 is 0 Å². The molecule has 0 atom stereocenters. The Bertz CT molecular complexity index is 484. The van der Waals surface area contributed by atoms with Crippen molar-refractivity contribution in [2.75, 3.05) is 5.32 Å². The number of rotatable bonds is 5. The number of Topliss-reactive ketones (excluding diaryl/α,β-unsaturated/α-hetero) is 1. The van der Waals surface area contributed by atoms with E-state index in [0.717, 1.165) is 12.8 Å². The van der Waals surface area contributed by atoms with Crippen molar-refractivity contribution in [3.63, 3.8) is 0 Å². The van der Waals surface area contributed by atoms with Crippen LogP contribution in [0.4, 0.5) is 5.82 Å². The molecule has 5 heteroatoms. The molecule has 0 aromatic carbocycles. The molecule has 0 unspecified atom stereocenters. The Hall–Kier alpha value is -1.42.